The number of rotatable bonds is 7. The number of carbonyl (C=O) groups is 1. The molecule has 6 heteroatoms. The maximum Gasteiger partial charge on any atom is 0.223 e. The molecule has 0 saturated heterocycles. The Hall–Kier alpha value is -2.60. The normalized spacial score (nSPS) is 17.3. The van der Waals surface area contributed by atoms with Crippen LogP contribution in [-0.4, -0.2) is 40.8 Å². The van der Waals surface area contributed by atoms with Crippen molar-refractivity contribution < 1.29 is 9.53 Å². The fourth-order valence-corrected chi connectivity index (χ4v) is 3.67. The van der Waals surface area contributed by atoms with E-state index in [0.29, 0.717) is 6.54 Å². The number of amides is 1. The maximum atomic E-state index is 12.0. The zero-order valence-corrected chi connectivity index (χ0v) is 16.4. The first-order chi connectivity index (χ1) is 13.7. The molecule has 6 nitrogen and oxygen atoms in total. The Bertz CT molecular complexity index is 837. The van der Waals surface area contributed by atoms with E-state index in [1.54, 1.807) is 7.11 Å². The first-order valence-electron chi connectivity index (χ1n) is 10.1. The van der Waals surface area contributed by atoms with Crippen molar-refractivity contribution in [2.24, 2.45) is 5.92 Å². The third-order valence-electron chi connectivity index (χ3n) is 5.64. The van der Waals surface area contributed by atoms with E-state index in [-0.39, 0.29) is 11.8 Å². The van der Waals surface area contributed by atoms with Crippen LogP contribution in [0.15, 0.2) is 36.4 Å². The Labute approximate surface area is 166 Å². The van der Waals surface area contributed by atoms with Gasteiger partial charge in [-0.15, -0.1) is 0 Å². The van der Waals surface area contributed by atoms with Crippen LogP contribution in [0.1, 0.15) is 36.2 Å². The number of nitrogens with zero attached hydrogens (tertiary/aromatic N) is 3. The predicted octanol–water partition coefficient (Wildman–Crippen LogP) is 2.84. The van der Waals surface area contributed by atoms with Crippen LogP contribution in [0.2, 0.25) is 0 Å². The first kappa shape index (κ1) is 18.7. The summed E-state index contributed by atoms with van der Waals surface area (Å²) < 4.78 is 7.27. The highest BCUT2D eigenvalue weighted by molar-refractivity contribution is 5.79. The van der Waals surface area contributed by atoms with E-state index in [1.807, 2.05) is 12.1 Å². The SMILES string of the molecule is COc1ccc(/C=C/CN2CCn3nc(CNC(=O)C4CCC4)cc3C2)cc1. The fourth-order valence-electron chi connectivity index (χ4n) is 3.67. The Morgan fingerprint density at radius 1 is 1.29 bits per heavy atom. The highest BCUT2D eigenvalue weighted by Crippen LogP contribution is 2.26. The van der Waals surface area contributed by atoms with E-state index in [2.05, 4.69) is 50.3 Å². The summed E-state index contributed by atoms with van der Waals surface area (Å²) in [6.45, 7) is 4.20. The Balaban J connectivity index is 1.27. The third kappa shape index (κ3) is 4.44. The molecule has 1 saturated carbocycles. The predicted molar refractivity (Wildman–Crippen MR) is 109 cm³/mol. The van der Waals surface area contributed by atoms with Gasteiger partial charge in [-0.05, 0) is 36.6 Å². The molecule has 1 aliphatic carbocycles. The van der Waals surface area contributed by atoms with Gasteiger partial charge in [0, 0.05) is 25.6 Å². The van der Waals surface area contributed by atoms with Crippen LogP contribution >= 0.6 is 0 Å². The van der Waals surface area contributed by atoms with Crippen molar-refractivity contribution in [2.75, 3.05) is 20.2 Å². The topological polar surface area (TPSA) is 59.4 Å². The molecule has 0 atom stereocenters. The Morgan fingerprint density at radius 3 is 2.82 bits per heavy atom. The van der Waals surface area contributed by atoms with Crippen molar-refractivity contribution in [3.05, 3.63) is 53.4 Å². The second kappa shape index (κ2) is 8.61. The van der Waals surface area contributed by atoms with Crippen LogP contribution in [0.25, 0.3) is 6.08 Å². The summed E-state index contributed by atoms with van der Waals surface area (Å²) >= 11 is 0. The van der Waals surface area contributed by atoms with Gasteiger partial charge in [-0.25, -0.2) is 0 Å². The Kier molecular flexibility index (Phi) is 5.76. The molecular formula is C22H28N4O2. The van der Waals surface area contributed by atoms with Crippen LogP contribution in [0.3, 0.4) is 0 Å². The van der Waals surface area contributed by atoms with Crippen molar-refractivity contribution in [2.45, 2.75) is 38.9 Å². The minimum absolute atomic E-state index is 0.183. The second-order valence-electron chi connectivity index (χ2n) is 7.61. The van der Waals surface area contributed by atoms with Gasteiger partial charge in [-0.1, -0.05) is 30.7 Å². The highest BCUT2D eigenvalue weighted by atomic mass is 16.5. The quantitative estimate of drug-likeness (QED) is 0.802. The van der Waals surface area contributed by atoms with Crippen LogP contribution in [-0.2, 0) is 24.4 Å². The van der Waals surface area contributed by atoms with Crippen LogP contribution in [0.5, 0.6) is 5.75 Å². The molecule has 0 unspecified atom stereocenters. The van der Waals surface area contributed by atoms with Crippen molar-refractivity contribution in [3.63, 3.8) is 0 Å². The Morgan fingerprint density at radius 2 is 2.11 bits per heavy atom. The number of hydrogen-bond donors (Lipinski definition) is 1. The standard InChI is InChI=1S/C22H28N4O2/c1-28-21-9-7-17(8-10-21)4-3-11-25-12-13-26-20(16-25)14-19(24-26)15-23-22(27)18-5-2-6-18/h3-4,7-10,14,18H,2,5-6,11-13,15-16H2,1H3,(H,23,27)/b4-3+. The molecule has 4 rings (SSSR count). The van der Waals surface area contributed by atoms with E-state index < -0.39 is 0 Å². The van der Waals surface area contributed by atoms with E-state index in [0.717, 1.165) is 50.5 Å². The van der Waals surface area contributed by atoms with Gasteiger partial charge >= 0.3 is 0 Å². The van der Waals surface area contributed by atoms with E-state index >= 15 is 0 Å². The summed E-state index contributed by atoms with van der Waals surface area (Å²) in [7, 11) is 1.68. The summed E-state index contributed by atoms with van der Waals surface area (Å²) in [5.41, 5.74) is 3.35. The van der Waals surface area contributed by atoms with Gasteiger partial charge in [-0.3, -0.25) is 14.4 Å². The minimum atomic E-state index is 0.183. The molecule has 2 aromatic rings. The molecule has 0 bridgehead atoms. The number of hydrogen-bond acceptors (Lipinski definition) is 4. The van der Waals surface area contributed by atoms with Crippen molar-refractivity contribution in [1.29, 1.82) is 0 Å². The van der Waals surface area contributed by atoms with Gasteiger partial charge in [0.15, 0.2) is 0 Å². The number of benzene rings is 1. The van der Waals surface area contributed by atoms with Crippen molar-refractivity contribution in [3.8, 4) is 5.75 Å². The monoisotopic (exact) mass is 380 g/mol. The largest absolute Gasteiger partial charge is 0.497 e. The molecule has 1 aromatic heterocycles. The molecule has 0 spiro atoms. The van der Waals surface area contributed by atoms with Gasteiger partial charge in [0.2, 0.25) is 5.91 Å². The molecule has 1 aromatic carbocycles. The lowest BCUT2D eigenvalue weighted by Crippen LogP contribution is -2.34. The number of nitrogens with one attached hydrogen (secondary N) is 1. The van der Waals surface area contributed by atoms with Gasteiger partial charge in [0.25, 0.3) is 0 Å². The molecule has 1 fully saturated rings. The van der Waals surface area contributed by atoms with Crippen LogP contribution in [0.4, 0.5) is 0 Å². The summed E-state index contributed by atoms with van der Waals surface area (Å²) in [5.74, 6) is 1.29. The third-order valence-corrected chi connectivity index (χ3v) is 5.64. The van der Waals surface area contributed by atoms with E-state index in [1.165, 1.54) is 17.7 Å². The molecule has 1 aliphatic heterocycles. The summed E-state index contributed by atoms with van der Waals surface area (Å²) in [6.07, 6.45) is 7.59. The first-order valence-corrected chi connectivity index (χ1v) is 10.1. The number of methoxy groups -OCH3 is 1. The molecule has 2 heterocycles. The summed E-state index contributed by atoms with van der Waals surface area (Å²) in [6, 6.07) is 10.2. The van der Waals surface area contributed by atoms with Crippen LogP contribution in [0, 0.1) is 5.92 Å². The molecule has 0 radical (unpaired) electrons. The van der Waals surface area contributed by atoms with E-state index in [9.17, 15) is 4.79 Å². The van der Waals surface area contributed by atoms with Crippen molar-refractivity contribution in [1.82, 2.24) is 20.0 Å². The zero-order valence-electron chi connectivity index (χ0n) is 16.4. The lowest BCUT2D eigenvalue weighted by Gasteiger charge is -2.26. The molecule has 28 heavy (non-hydrogen) atoms. The lowest BCUT2D eigenvalue weighted by molar-refractivity contribution is -0.127. The number of fused-ring (bicyclic) bond motifs is 1. The minimum Gasteiger partial charge on any atom is -0.497 e. The average Bonchev–Trinajstić information content (AvgIpc) is 3.08. The van der Waals surface area contributed by atoms with Gasteiger partial charge in [0.1, 0.15) is 5.75 Å². The number of ether oxygens (including phenoxy) is 1. The van der Waals surface area contributed by atoms with E-state index in [4.69, 9.17) is 4.74 Å². The van der Waals surface area contributed by atoms with Crippen LogP contribution < -0.4 is 10.1 Å². The second-order valence-corrected chi connectivity index (χ2v) is 7.61. The zero-order chi connectivity index (χ0) is 19.3. The van der Waals surface area contributed by atoms with Gasteiger partial charge < -0.3 is 10.1 Å². The smallest absolute Gasteiger partial charge is 0.223 e. The van der Waals surface area contributed by atoms with Crippen molar-refractivity contribution >= 4 is 12.0 Å². The molecular weight excluding hydrogens is 352 g/mol. The molecule has 2 aliphatic rings. The number of aromatic nitrogens is 2. The maximum absolute atomic E-state index is 12.0. The molecule has 148 valence electrons. The number of carbonyl (C=O) groups excluding carboxylic acids is 1. The lowest BCUT2D eigenvalue weighted by atomic mass is 9.85. The highest BCUT2D eigenvalue weighted by Gasteiger charge is 2.25. The van der Waals surface area contributed by atoms with Gasteiger partial charge in [-0.2, -0.15) is 5.10 Å². The molecule has 1 amide bonds. The summed E-state index contributed by atoms with van der Waals surface area (Å²) in [4.78, 5) is 14.4. The molecule has 1 N–H and O–H groups in total. The van der Waals surface area contributed by atoms with Gasteiger partial charge in [0.05, 0.1) is 31.6 Å². The summed E-state index contributed by atoms with van der Waals surface area (Å²) in [5, 5.41) is 7.68. The average molecular weight is 380 g/mol. The fraction of sp³-hybridized carbons (Fsp3) is 0.455.